The lowest BCUT2D eigenvalue weighted by molar-refractivity contribution is -0.127. The summed E-state index contributed by atoms with van der Waals surface area (Å²) in [4.78, 5) is 12.0. The second kappa shape index (κ2) is 7.22. The van der Waals surface area contributed by atoms with Crippen molar-refractivity contribution in [2.45, 2.75) is 51.5 Å². The Hall–Kier alpha value is -0.280. The maximum absolute atomic E-state index is 12.0. The zero-order chi connectivity index (χ0) is 11.4. The summed E-state index contributed by atoms with van der Waals surface area (Å²) in [6.07, 6.45) is 7.61. The molecule has 1 atom stereocenters. The van der Waals surface area contributed by atoms with Gasteiger partial charge in [0, 0.05) is 12.0 Å². The standard InChI is InChI=1S/C13H24N2O.ClH/c1-10(11-8-14-9-11)13(16)15-12-6-4-2-3-5-7-12;/h10-12,14H,2-9H2,1H3,(H,15,16);1H. The lowest BCUT2D eigenvalue weighted by Gasteiger charge is -2.32. The zero-order valence-corrected chi connectivity index (χ0v) is 11.5. The molecule has 0 aromatic carbocycles. The summed E-state index contributed by atoms with van der Waals surface area (Å²) < 4.78 is 0. The predicted molar refractivity (Wildman–Crippen MR) is 72.4 cm³/mol. The third-order valence-electron chi connectivity index (χ3n) is 4.14. The fourth-order valence-corrected chi connectivity index (χ4v) is 2.63. The molecule has 4 heteroatoms. The van der Waals surface area contributed by atoms with Crippen molar-refractivity contribution < 1.29 is 4.79 Å². The van der Waals surface area contributed by atoms with Crippen molar-refractivity contribution in [2.24, 2.45) is 11.8 Å². The monoisotopic (exact) mass is 260 g/mol. The molecule has 1 saturated carbocycles. The molecule has 1 saturated heterocycles. The molecule has 17 heavy (non-hydrogen) atoms. The molecule has 2 aliphatic rings. The van der Waals surface area contributed by atoms with Gasteiger partial charge < -0.3 is 10.6 Å². The molecule has 1 aliphatic carbocycles. The largest absolute Gasteiger partial charge is 0.353 e. The topological polar surface area (TPSA) is 41.1 Å². The quantitative estimate of drug-likeness (QED) is 0.763. The SMILES string of the molecule is CC(C(=O)NC1CCCCCC1)C1CNC1.Cl. The van der Waals surface area contributed by atoms with Gasteiger partial charge in [0.2, 0.25) is 5.91 Å². The van der Waals surface area contributed by atoms with Crippen molar-refractivity contribution in [3.63, 3.8) is 0 Å². The van der Waals surface area contributed by atoms with E-state index in [2.05, 4.69) is 17.6 Å². The molecule has 0 aromatic rings. The molecule has 0 bridgehead atoms. The highest BCUT2D eigenvalue weighted by Gasteiger charge is 2.29. The van der Waals surface area contributed by atoms with Gasteiger partial charge in [-0.1, -0.05) is 32.6 Å². The van der Waals surface area contributed by atoms with E-state index < -0.39 is 0 Å². The summed E-state index contributed by atoms with van der Waals surface area (Å²) in [5.74, 6) is 1.02. The highest BCUT2D eigenvalue weighted by molar-refractivity contribution is 5.85. The van der Waals surface area contributed by atoms with E-state index in [0.717, 1.165) is 13.1 Å². The maximum atomic E-state index is 12.0. The van der Waals surface area contributed by atoms with Crippen LogP contribution in [0.3, 0.4) is 0 Å². The molecule has 1 heterocycles. The van der Waals surface area contributed by atoms with E-state index in [1.807, 2.05) is 0 Å². The van der Waals surface area contributed by atoms with Crippen LogP contribution in [-0.4, -0.2) is 25.0 Å². The zero-order valence-electron chi connectivity index (χ0n) is 10.7. The lowest BCUT2D eigenvalue weighted by atomic mass is 9.88. The van der Waals surface area contributed by atoms with Gasteiger partial charge in [-0.2, -0.15) is 0 Å². The Morgan fingerprint density at radius 2 is 1.76 bits per heavy atom. The van der Waals surface area contributed by atoms with Crippen molar-refractivity contribution >= 4 is 18.3 Å². The lowest BCUT2D eigenvalue weighted by Crippen LogP contribution is -2.50. The number of nitrogens with one attached hydrogen (secondary N) is 2. The molecule has 100 valence electrons. The fourth-order valence-electron chi connectivity index (χ4n) is 2.63. The van der Waals surface area contributed by atoms with E-state index in [1.165, 1.54) is 38.5 Å². The van der Waals surface area contributed by atoms with Gasteiger partial charge in [0.15, 0.2) is 0 Å². The molecular weight excluding hydrogens is 236 g/mol. The third kappa shape index (κ3) is 4.14. The molecule has 2 fully saturated rings. The first-order chi connectivity index (χ1) is 7.77. The van der Waals surface area contributed by atoms with Crippen molar-refractivity contribution in [1.29, 1.82) is 0 Å². The van der Waals surface area contributed by atoms with Gasteiger partial charge in [0.1, 0.15) is 0 Å². The minimum atomic E-state index is 0. The number of hydrogen-bond donors (Lipinski definition) is 2. The van der Waals surface area contributed by atoms with Gasteiger partial charge >= 0.3 is 0 Å². The van der Waals surface area contributed by atoms with Crippen LogP contribution in [0.1, 0.15) is 45.4 Å². The van der Waals surface area contributed by atoms with Crippen molar-refractivity contribution in [3.8, 4) is 0 Å². The Morgan fingerprint density at radius 1 is 1.18 bits per heavy atom. The van der Waals surface area contributed by atoms with Crippen molar-refractivity contribution in [3.05, 3.63) is 0 Å². The van der Waals surface area contributed by atoms with Crippen LogP contribution in [0.4, 0.5) is 0 Å². The number of amides is 1. The molecular formula is C13H25ClN2O. The Kier molecular flexibility index (Phi) is 6.28. The highest BCUT2D eigenvalue weighted by Crippen LogP contribution is 2.20. The van der Waals surface area contributed by atoms with Crippen LogP contribution < -0.4 is 10.6 Å². The molecule has 0 spiro atoms. The summed E-state index contributed by atoms with van der Waals surface area (Å²) in [5.41, 5.74) is 0. The van der Waals surface area contributed by atoms with E-state index in [0.29, 0.717) is 12.0 Å². The van der Waals surface area contributed by atoms with Gasteiger partial charge in [-0.3, -0.25) is 4.79 Å². The first kappa shape index (κ1) is 14.8. The van der Waals surface area contributed by atoms with Crippen LogP contribution in [0.15, 0.2) is 0 Å². The van der Waals surface area contributed by atoms with Crippen LogP contribution in [0.5, 0.6) is 0 Å². The number of carbonyl (C=O) groups excluding carboxylic acids is 1. The Morgan fingerprint density at radius 3 is 2.24 bits per heavy atom. The average Bonchev–Trinajstić information content (AvgIpc) is 2.43. The van der Waals surface area contributed by atoms with E-state index >= 15 is 0 Å². The van der Waals surface area contributed by atoms with Gasteiger partial charge in [-0.25, -0.2) is 0 Å². The second-order valence-corrected chi connectivity index (χ2v) is 5.40. The predicted octanol–water partition coefficient (Wildman–Crippen LogP) is 2.10. The summed E-state index contributed by atoms with van der Waals surface area (Å²) in [6.45, 7) is 4.09. The molecule has 1 amide bonds. The summed E-state index contributed by atoms with van der Waals surface area (Å²) in [6, 6.07) is 0.450. The van der Waals surface area contributed by atoms with E-state index in [4.69, 9.17) is 0 Å². The Balaban J connectivity index is 0.00000144. The fraction of sp³-hybridized carbons (Fsp3) is 0.923. The van der Waals surface area contributed by atoms with E-state index in [-0.39, 0.29) is 24.2 Å². The van der Waals surface area contributed by atoms with Crippen LogP contribution in [0.2, 0.25) is 0 Å². The second-order valence-electron chi connectivity index (χ2n) is 5.40. The minimum Gasteiger partial charge on any atom is -0.353 e. The molecule has 2 N–H and O–H groups in total. The van der Waals surface area contributed by atoms with Crippen LogP contribution >= 0.6 is 12.4 Å². The smallest absolute Gasteiger partial charge is 0.223 e. The Bertz CT molecular complexity index is 236. The minimum absolute atomic E-state index is 0. The molecule has 2 rings (SSSR count). The molecule has 3 nitrogen and oxygen atoms in total. The molecule has 1 unspecified atom stereocenters. The van der Waals surface area contributed by atoms with Crippen LogP contribution in [0, 0.1) is 11.8 Å². The maximum Gasteiger partial charge on any atom is 0.223 e. The Labute approximate surface area is 111 Å². The van der Waals surface area contributed by atoms with Crippen LogP contribution in [-0.2, 0) is 4.79 Å². The first-order valence-corrected chi connectivity index (χ1v) is 6.78. The van der Waals surface area contributed by atoms with Gasteiger partial charge in [-0.15, -0.1) is 12.4 Å². The molecule has 0 aromatic heterocycles. The van der Waals surface area contributed by atoms with Crippen molar-refractivity contribution in [2.75, 3.05) is 13.1 Å². The van der Waals surface area contributed by atoms with Crippen LogP contribution in [0.25, 0.3) is 0 Å². The number of rotatable bonds is 3. The van der Waals surface area contributed by atoms with Crippen molar-refractivity contribution in [1.82, 2.24) is 10.6 Å². The molecule has 1 aliphatic heterocycles. The summed E-state index contributed by atoms with van der Waals surface area (Å²) in [7, 11) is 0. The summed E-state index contributed by atoms with van der Waals surface area (Å²) >= 11 is 0. The number of carbonyl (C=O) groups is 1. The summed E-state index contributed by atoms with van der Waals surface area (Å²) in [5, 5.41) is 6.47. The molecule has 0 radical (unpaired) electrons. The third-order valence-corrected chi connectivity index (χ3v) is 4.14. The van der Waals surface area contributed by atoms with Gasteiger partial charge in [-0.05, 0) is 31.8 Å². The number of hydrogen-bond acceptors (Lipinski definition) is 2. The van der Waals surface area contributed by atoms with Gasteiger partial charge in [0.25, 0.3) is 0 Å². The van der Waals surface area contributed by atoms with E-state index in [1.54, 1.807) is 0 Å². The highest BCUT2D eigenvalue weighted by atomic mass is 35.5. The van der Waals surface area contributed by atoms with Gasteiger partial charge in [0.05, 0.1) is 0 Å². The number of halogens is 1. The average molecular weight is 261 g/mol. The normalized spacial score (nSPS) is 24.1. The van der Waals surface area contributed by atoms with E-state index in [9.17, 15) is 4.79 Å². The first-order valence-electron chi connectivity index (χ1n) is 6.78.